The van der Waals surface area contributed by atoms with E-state index < -0.39 is 5.41 Å². The fourth-order valence-electron chi connectivity index (χ4n) is 5.48. The van der Waals surface area contributed by atoms with Crippen LogP contribution in [0.4, 0.5) is 0 Å². The van der Waals surface area contributed by atoms with Crippen molar-refractivity contribution in [1.82, 2.24) is 30.0 Å². The van der Waals surface area contributed by atoms with Crippen molar-refractivity contribution in [2.75, 3.05) is 13.1 Å². The number of piperazine rings is 1. The average Bonchev–Trinajstić information content (AvgIpc) is 3.54. The Morgan fingerprint density at radius 3 is 2.63 bits per heavy atom. The molecule has 2 saturated heterocycles. The van der Waals surface area contributed by atoms with Crippen LogP contribution in [0.25, 0.3) is 22.2 Å². The number of pyridine rings is 2. The highest BCUT2D eigenvalue weighted by Crippen LogP contribution is 2.34. The van der Waals surface area contributed by atoms with Crippen LogP contribution >= 0.6 is 0 Å². The smallest absolute Gasteiger partial charge is 0.242 e. The number of carbonyl (C=O) groups is 1. The molecule has 6 rings (SSSR count). The third kappa shape index (κ3) is 4.59. The summed E-state index contributed by atoms with van der Waals surface area (Å²) in [6.45, 7) is 5.50. The van der Waals surface area contributed by atoms with Crippen LogP contribution in [-0.4, -0.2) is 61.0 Å². The van der Waals surface area contributed by atoms with Crippen molar-refractivity contribution in [3.63, 3.8) is 0 Å². The number of aromatic nitrogens is 4. The van der Waals surface area contributed by atoms with E-state index in [2.05, 4.69) is 38.3 Å². The Morgan fingerprint density at radius 2 is 1.95 bits per heavy atom. The Labute approximate surface area is 221 Å². The molecule has 9 heteroatoms. The summed E-state index contributed by atoms with van der Waals surface area (Å²) in [4.78, 5) is 26.5. The van der Waals surface area contributed by atoms with E-state index >= 15 is 0 Å². The normalized spacial score (nSPS) is 19.4. The second-order valence-electron chi connectivity index (χ2n) is 10.6. The molecule has 4 aromatic rings. The summed E-state index contributed by atoms with van der Waals surface area (Å²) in [5.41, 5.74) is 2.79. The molecule has 38 heavy (non-hydrogen) atoms. The quantitative estimate of drug-likeness (QED) is 0.408. The molecule has 192 valence electrons. The Morgan fingerprint density at radius 1 is 1.13 bits per heavy atom. The zero-order chi connectivity index (χ0) is 26.3. The molecule has 0 saturated carbocycles. The van der Waals surface area contributed by atoms with E-state index in [4.69, 9.17) is 9.72 Å². The van der Waals surface area contributed by atoms with E-state index in [1.165, 1.54) is 0 Å². The second kappa shape index (κ2) is 9.54. The van der Waals surface area contributed by atoms with Gasteiger partial charge in [0.1, 0.15) is 11.2 Å². The first-order chi connectivity index (χ1) is 18.4. The maximum atomic E-state index is 12.8. The van der Waals surface area contributed by atoms with E-state index in [1.807, 2.05) is 41.3 Å². The number of nitrogens with zero attached hydrogens (tertiary/aromatic N) is 6. The highest BCUT2D eigenvalue weighted by atomic mass is 16.5. The lowest BCUT2D eigenvalue weighted by Gasteiger charge is -2.42. The number of rotatable bonds is 6. The lowest BCUT2D eigenvalue weighted by molar-refractivity contribution is -0.141. The summed E-state index contributed by atoms with van der Waals surface area (Å²) in [7, 11) is 0. The van der Waals surface area contributed by atoms with Crippen LogP contribution in [0.1, 0.15) is 32.4 Å². The van der Waals surface area contributed by atoms with Crippen molar-refractivity contribution < 1.29 is 9.53 Å². The molecule has 3 aromatic heterocycles. The molecule has 9 nitrogen and oxygen atoms in total. The molecule has 5 heterocycles. The van der Waals surface area contributed by atoms with Crippen LogP contribution in [-0.2, 0) is 11.3 Å². The minimum atomic E-state index is -0.982. The molecule has 1 aromatic carbocycles. The number of aromatic amines is 1. The second-order valence-corrected chi connectivity index (χ2v) is 10.6. The van der Waals surface area contributed by atoms with Gasteiger partial charge in [-0.1, -0.05) is 6.07 Å². The average molecular weight is 508 g/mol. The van der Waals surface area contributed by atoms with Gasteiger partial charge in [-0.25, -0.2) is 4.98 Å². The van der Waals surface area contributed by atoms with Crippen molar-refractivity contribution >= 4 is 16.8 Å². The van der Waals surface area contributed by atoms with E-state index in [0.29, 0.717) is 36.8 Å². The van der Waals surface area contributed by atoms with Gasteiger partial charge in [-0.05, 0) is 63.1 Å². The molecule has 0 radical (unpaired) electrons. The zero-order valence-corrected chi connectivity index (χ0v) is 21.5. The fourth-order valence-corrected chi connectivity index (χ4v) is 5.48. The van der Waals surface area contributed by atoms with Gasteiger partial charge in [0.05, 0.1) is 23.0 Å². The lowest BCUT2D eigenvalue weighted by Crippen LogP contribution is -2.57. The van der Waals surface area contributed by atoms with Crippen molar-refractivity contribution in [2.45, 2.75) is 45.3 Å². The number of carbonyl (C=O) groups excluding carboxylic acids is 1. The van der Waals surface area contributed by atoms with Gasteiger partial charge in [-0.2, -0.15) is 10.4 Å². The summed E-state index contributed by atoms with van der Waals surface area (Å²) in [6.07, 6.45) is 5.59. The van der Waals surface area contributed by atoms with Gasteiger partial charge < -0.3 is 9.64 Å². The summed E-state index contributed by atoms with van der Waals surface area (Å²) in [5, 5.41) is 17.3. The topological polar surface area (TPSA) is 111 Å². The number of ether oxygens (including phenoxy) is 1. The maximum absolute atomic E-state index is 12.8. The SMILES string of the molecule is CC(C)(C#N)C(=O)N1CC2CCC(C1)N2Cc1ccc2cc(Oc3ccc(-c4ccn[nH]4)cn3)ccc2n1. The van der Waals surface area contributed by atoms with Crippen molar-refractivity contribution in [2.24, 2.45) is 5.41 Å². The van der Waals surface area contributed by atoms with Crippen LogP contribution in [0.3, 0.4) is 0 Å². The number of nitriles is 1. The van der Waals surface area contributed by atoms with Crippen LogP contribution in [0.5, 0.6) is 11.6 Å². The van der Waals surface area contributed by atoms with E-state index in [0.717, 1.165) is 47.2 Å². The summed E-state index contributed by atoms with van der Waals surface area (Å²) in [6, 6.07) is 18.4. The van der Waals surface area contributed by atoms with Gasteiger partial charge in [0.25, 0.3) is 0 Å². The number of H-pyrrole nitrogens is 1. The van der Waals surface area contributed by atoms with Gasteiger partial charge in [0.15, 0.2) is 0 Å². The highest BCUT2D eigenvalue weighted by molar-refractivity contribution is 5.85. The number of likely N-dealkylation sites (tertiary alicyclic amines) is 1. The van der Waals surface area contributed by atoms with Crippen molar-refractivity contribution in [1.29, 1.82) is 5.26 Å². The largest absolute Gasteiger partial charge is 0.439 e. The number of nitrogens with one attached hydrogen (secondary N) is 1. The van der Waals surface area contributed by atoms with E-state index in [1.54, 1.807) is 26.2 Å². The molecule has 2 atom stereocenters. The minimum absolute atomic E-state index is 0.0673. The number of fused-ring (bicyclic) bond motifs is 3. The first-order valence-corrected chi connectivity index (χ1v) is 12.9. The number of amides is 1. The van der Waals surface area contributed by atoms with E-state index in [9.17, 15) is 10.1 Å². The first-order valence-electron chi connectivity index (χ1n) is 12.9. The third-order valence-electron chi connectivity index (χ3n) is 7.57. The fraction of sp³-hybridized carbons (Fsp3) is 0.345. The molecular formula is C29H29N7O2. The zero-order valence-electron chi connectivity index (χ0n) is 21.5. The molecule has 0 aliphatic carbocycles. The number of benzene rings is 1. The van der Waals surface area contributed by atoms with Crippen LogP contribution in [0.15, 0.2) is 60.9 Å². The van der Waals surface area contributed by atoms with E-state index in [-0.39, 0.29) is 5.91 Å². The van der Waals surface area contributed by atoms with Gasteiger partial charge in [-0.3, -0.25) is 19.8 Å². The summed E-state index contributed by atoms with van der Waals surface area (Å²) >= 11 is 0. The molecule has 1 N–H and O–H groups in total. The Hall–Kier alpha value is -4.29. The van der Waals surface area contributed by atoms with Gasteiger partial charge in [-0.15, -0.1) is 0 Å². The number of hydrogen-bond donors (Lipinski definition) is 1. The van der Waals surface area contributed by atoms with Crippen LogP contribution in [0, 0.1) is 16.7 Å². The maximum Gasteiger partial charge on any atom is 0.242 e. The molecule has 0 spiro atoms. The summed E-state index contributed by atoms with van der Waals surface area (Å²) in [5.74, 6) is 1.15. The predicted octanol–water partition coefficient (Wildman–Crippen LogP) is 4.54. The van der Waals surface area contributed by atoms with Crippen molar-refractivity contribution in [3.05, 3.63) is 66.6 Å². The molecular weight excluding hydrogens is 478 g/mol. The predicted molar refractivity (Wildman–Crippen MR) is 142 cm³/mol. The molecule has 2 unspecified atom stereocenters. The van der Waals surface area contributed by atoms with Gasteiger partial charge in [0, 0.05) is 61.1 Å². The molecule has 2 aliphatic rings. The Balaban J connectivity index is 1.12. The molecule has 2 bridgehead atoms. The molecule has 2 fully saturated rings. The van der Waals surface area contributed by atoms with Gasteiger partial charge in [0.2, 0.25) is 11.8 Å². The third-order valence-corrected chi connectivity index (χ3v) is 7.57. The Bertz CT molecular complexity index is 1490. The monoisotopic (exact) mass is 507 g/mol. The van der Waals surface area contributed by atoms with Crippen molar-refractivity contribution in [3.8, 4) is 29.0 Å². The lowest BCUT2D eigenvalue weighted by atomic mass is 9.93. The molecule has 1 amide bonds. The summed E-state index contributed by atoms with van der Waals surface area (Å²) < 4.78 is 5.98. The van der Waals surface area contributed by atoms with Crippen LogP contribution < -0.4 is 4.74 Å². The van der Waals surface area contributed by atoms with Crippen LogP contribution in [0.2, 0.25) is 0 Å². The minimum Gasteiger partial charge on any atom is -0.439 e. The highest BCUT2D eigenvalue weighted by Gasteiger charge is 2.44. The number of hydrogen-bond acceptors (Lipinski definition) is 7. The molecule has 2 aliphatic heterocycles. The standard InChI is InChI=1S/C29H29N7O2/c1-29(2,18-30)28(37)35-16-22-6-7-23(17-35)36(22)15-21-5-3-19-13-24(8-9-25(19)33-21)38-27-10-4-20(14-31-27)26-11-12-32-34-26/h3-5,8-14,22-23H,6-7,15-17H2,1-2H3,(H,32,34). The first kappa shape index (κ1) is 24.1. The Kier molecular flexibility index (Phi) is 6.04. The van der Waals surface area contributed by atoms with Gasteiger partial charge >= 0.3 is 0 Å².